The van der Waals surface area contributed by atoms with Crippen LogP contribution >= 0.6 is 0 Å². The second-order valence-corrected chi connectivity index (χ2v) is 4.92. The highest BCUT2D eigenvalue weighted by Gasteiger charge is 2.35. The van der Waals surface area contributed by atoms with Crippen molar-refractivity contribution in [2.75, 3.05) is 31.1 Å². The second-order valence-electron chi connectivity index (χ2n) is 4.92. The maximum absolute atomic E-state index is 3.48. The monoisotopic (exact) mass is 202 g/mol. The van der Waals surface area contributed by atoms with Gasteiger partial charge < -0.3 is 10.2 Å². The smallest absolute Gasteiger partial charge is 0.0366 e. The molecular weight excluding hydrogens is 184 g/mol. The Morgan fingerprint density at radius 3 is 2.27 bits per heavy atom. The van der Waals surface area contributed by atoms with Crippen molar-refractivity contribution in [1.82, 2.24) is 5.32 Å². The minimum Gasteiger partial charge on any atom is -0.371 e. The number of hydrogen-bond donors (Lipinski definition) is 1. The molecular formula is C13H18N2. The number of fused-ring (bicyclic) bond motifs is 1. The molecule has 2 saturated heterocycles. The van der Waals surface area contributed by atoms with Crippen molar-refractivity contribution in [3.05, 3.63) is 29.8 Å². The zero-order valence-electron chi connectivity index (χ0n) is 9.24. The van der Waals surface area contributed by atoms with Gasteiger partial charge in [-0.3, -0.25) is 0 Å². The van der Waals surface area contributed by atoms with Crippen molar-refractivity contribution >= 4 is 5.69 Å². The zero-order valence-corrected chi connectivity index (χ0v) is 9.24. The highest BCUT2D eigenvalue weighted by molar-refractivity contribution is 5.48. The number of benzene rings is 1. The molecule has 0 unspecified atom stereocenters. The maximum atomic E-state index is 3.48. The number of anilines is 1. The molecule has 0 aromatic heterocycles. The summed E-state index contributed by atoms with van der Waals surface area (Å²) in [4.78, 5) is 2.54. The van der Waals surface area contributed by atoms with Crippen LogP contribution in [-0.2, 0) is 0 Å². The van der Waals surface area contributed by atoms with Crippen LogP contribution < -0.4 is 10.2 Å². The van der Waals surface area contributed by atoms with Gasteiger partial charge in [-0.15, -0.1) is 0 Å². The summed E-state index contributed by atoms with van der Waals surface area (Å²) in [6.07, 6.45) is 0. The third-order valence-electron chi connectivity index (χ3n) is 3.79. The topological polar surface area (TPSA) is 15.3 Å². The van der Waals surface area contributed by atoms with E-state index in [2.05, 4.69) is 41.4 Å². The lowest BCUT2D eigenvalue weighted by Crippen LogP contribution is -2.25. The highest BCUT2D eigenvalue weighted by atomic mass is 15.2. The van der Waals surface area contributed by atoms with E-state index in [0.29, 0.717) is 0 Å². The Kier molecular flexibility index (Phi) is 2.17. The molecule has 0 amide bonds. The summed E-state index contributed by atoms with van der Waals surface area (Å²) in [5.41, 5.74) is 2.75. The van der Waals surface area contributed by atoms with E-state index in [1.54, 1.807) is 0 Å². The first-order valence-electron chi connectivity index (χ1n) is 5.85. The highest BCUT2D eigenvalue weighted by Crippen LogP contribution is 2.30. The van der Waals surface area contributed by atoms with Gasteiger partial charge in [0.25, 0.3) is 0 Å². The Morgan fingerprint density at radius 1 is 1.07 bits per heavy atom. The molecule has 0 spiro atoms. The van der Waals surface area contributed by atoms with Crippen LogP contribution in [0.15, 0.2) is 24.3 Å². The van der Waals surface area contributed by atoms with E-state index >= 15 is 0 Å². The van der Waals surface area contributed by atoms with Crippen LogP contribution in [0.4, 0.5) is 5.69 Å². The van der Waals surface area contributed by atoms with Crippen molar-refractivity contribution in [3.8, 4) is 0 Å². The van der Waals surface area contributed by atoms with Crippen molar-refractivity contribution in [1.29, 1.82) is 0 Å². The summed E-state index contributed by atoms with van der Waals surface area (Å²) in [5.74, 6) is 1.76. The van der Waals surface area contributed by atoms with Gasteiger partial charge >= 0.3 is 0 Å². The van der Waals surface area contributed by atoms with Gasteiger partial charge in [0.1, 0.15) is 0 Å². The fraction of sp³-hybridized carbons (Fsp3) is 0.538. The third kappa shape index (κ3) is 1.63. The minimum absolute atomic E-state index is 0.881. The average Bonchev–Trinajstić information content (AvgIpc) is 2.78. The van der Waals surface area contributed by atoms with Gasteiger partial charge in [0.15, 0.2) is 0 Å². The largest absolute Gasteiger partial charge is 0.371 e. The van der Waals surface area contributed by atoms with Gasteiger partial charge in [-0.25, -0.2) is 0 Å². The number of rotatable bonds is 1. The first-order chi connectivity index (χ1) is 7.33. The predicted octanol–water partition coefficient (Wildman–Crippen LogP) is 1.65. The van der Waals surface area contributed by atoms with Crippen molar-refractivity contribution < 1.29 is 0 Å². The fourth-order valence-electron chi connectivity index (χ4n) is 2.82. The summed E-state index contributed by atoms with van der Waals surface area (Å²) in [5, 5.41) is 3.48. The Morgan fingerprint density at radius 2 is 1.67 bits per heavy atom. The Hall–Kier alpha value is -1.02. The normalized spacial score (nSPS) is 29.5. The molecule has 1 aromatic rings. The van der Waals surface area contributed by atoms with Crippen LogP contribution in [0.2, 0.25) is 0 Å². The second kappa shape index (κ2) is 3.53. The van der Waals surface area contributed by atoms with Crippen LogP contribution in [0.1, 0.15) is 5.56 Å². The van der Waals surface area contributed by atoms with E-state index in [-0.39, 0.29) is 0 Å². The van der Waals surface area contributed by atoms with Gasteiger partial charge in [0.05, 0.1) is 0 Å². The molecule has 0 saturated carbocycles. The number of hydrogen-bond acceptors (Lipinski definition) is 2. The van der Waals surface area contributed by atoms with Gasteiger partial charge in [-0.1, -0.05) is 17.7 Å². The molecule has 1 aromatic carbocycles. The van der Waals surface area contributed by atoms with E-state index in [4.69, 9.17) is 0 Å². The van der Waals surface area contributed by atoms with Crippen molar-refractivity contribution in [3.63, 3.8) is 0 Å². The van der Waals surface area contributed by atoms with E-state index in [1.165, 1.54) is 37.4 Å². The maximum Gasteiger partial charge on any atom is 0.0366 e. The van der Waals surface area contributed by atoms with Crippen LogP contribution in [0.3, 0.4) is 0 Å². The van der Waals surface area contributed by atoms with Gasteiger partial charge in [-0.2, -0.15) is 0 Å². The van der Waals surface area contributed by atoms with Gasteiger partial charge in [0, 0.05) is 31.9 Å². The van der Waals surface area contributed by atoms with E-state index in [1.807, 2.05) is 0 Å². The van der Waals surface area contributed by atoms with E-state index in [0.717, 1.165) is 11.8 Å². The lowest BCUT2D eigenvalue weighted by Gasteiger charge is -2.19. The lowest BCUT2D eigenvalue weighted by molar-refractivity contribution is 0.533. The molecule has 2 fully saturated rings. The number of nitrogens with one attached hydrogen (secondary N) is 1. The molecule has 2 aliphatic rings. The lowest BCUT2D eigenvalue weighted by atomic mass is 10.0. The molecule has 80 valence electrons. The van der Waals surface area contributed by atoms with E-state index < -0.39 is 0 Å². The van der Waals surface area contributed by atoms with E-state index in [9.17, 15) is 0 Å². The zero-order chi connectivity index (χ0) is 10.3. The minimum atomic E-state index is 0.881. The number of nitrogens with zero attached hydrogens (tertiary/aromatic N) is 1. The first kappa shape index (κ1) is 9.22. The standard InChI is InChI=1S/C13H18N2/c1-10-2-4-13(5-3-10)15-8-11-6-14-7-12(11)9-15/h2-5,11-12,14H,6-9H2,1H3/t11-,12-/m1/s1. The summed E-state index contributed by atoms with van der Waals surface area (Å²) in [6.45, 7) is 7.05. The molecule has 15 heavy (non-hydrogen) atoms. The molecule has 0 radical (unpaired) electrons. The fourth-order valence-corrected chi connectivity index (χ4v) is 2.82. The molecule has 2 atom stereocenters. The molecule has 3 rings (SSSR count). The summed E-state index contributed by atoms with van der Waals surface area (Å²) >= 11 is 0. The summed E-state index contributed by atoms with van der Waals surface area (Å²) in [6, 6.07) is 8.93. The van der Waals surface area contributed by atoms with Crippen molar-refractivity contribution in [2.45, 2.75) is 6.92 Å². The molecule has 1 N–H and O–H groups in total. The molecule has 2 aliphatic heterocycles. The SMILES string of the molecule is Cc1ccc(N2C[C@H]3CNC[C@@H]3C2)cc1. The Bertz CT molecular complexity index is 332. The van der Waals surface area contributed by atoms with Crippen molar-refractivity contribution in [2.24, 2.45) is 11.8 Å². The molecule has 2 heterocycles. The first-order valence-corrected chi connectivity index (χ1v) is 5.85. The predicted molar refractivity (Wildman–Crippen MR) is 63.2 cm³/mol. The summed E-state index contributed by atoms with van der Waals surface area (Å²) < 4.78 is 0. The Labute approximate surface area is 91.3 Å². The molecule has 2 heteroatoms. The third-order valence-corrected chi connectivity index (χ3v) is 3.79. The van der Waals surface area contributed by atoms with Crippen LogP contribution in [0.5, 0.6) is 0 Å². The molecule has 0 aliphatic carbocycles. The number of aryl methyl sites for hydroxylation is 1. The molecule has 2 nitrogen and oxygen atoms in total. The molecule has 0 bridgehead atoms. The summed E-state index contributed by atoms with van der Waals surface area (Å²) in [7, 11) is 0. The van der Waals surface area contributed by atoms with Gasteiger partial charge in [0.2, 0.25) is 0 Å². The van der Waals surface area contributed by atoms with Crippen LogP contribution in [0, 0.1) is 18.8 Å². The van der Waals surface area contributed by atoms with Crippen LogP contribution in [0.25, 0.3) is 0 Å². The quantitative estimate of drug-likeness (QED) is 0.745. The van der Waals surface area contributed by atoms with Crippen LogP contribution in [-0.4, -0.2) is 26.2 Å². The van der Waals surface area contributed by atoms with Gasteiger partial charge in [-0.05, 0) is 30.9 Å². The Balaban J connectivity index is 1.76. The average molecular weight is 202 g/mol.